The van der Waals surface area contributed by atoms with Crippen molar-refractivity contribution in [3.05, 3.63) is 70.6 Å². The Bertz CT molecular complexity index is 1110. The van der Waals surface area contributed by atoms with E-state index in [1.807, 2.05) is 6.92 Å². The first-order chi connectivity index (χ1) is 12.8. The number of anilines is 1. The van der Waals surface area contributed by atoms with Gasteiger partial charge in [-0.2, -0.15) is 8.42 Å². The smallest absolute Gasteiger partial charge is 0.298 e. The van der Waals surface area contributed by atoms with Gasteiger partial charge in [-0.3, -0.25) is 9.35 Å². The molecule has 27 heavy (non-hydrogen) atoms. The van der Waals surface area contributed by atoms with Gasteiger partial charge in [0.25, 0.3) is 10.1 Å². The van der Waals surface area contributed by atoms with E-state index in [4.69, 9.17) is 6.42 Å². The summed E-state index contributed by atoms with van der Waals surface area (Å²) >= 11 is 0. The first-order valence-corrected chi connectivity index (χ1v) is 9.55. The maximum Gasteiger partial charge on any atom is 0.298 e. The second kappa shape index (κ2) is 7.19. The number of terminal acetylenes is 1. The van der Waals surface area contributed by atoms with Gasteiger partial charge in [0, 0.05) is 29.4 Å². The Balaban J connectivity index is 2.10. The zero-order valence-corrected chi connectivity index (χ0v) is 15.3. The molecule has 0 bridgehead atoms. The van der Waals surface area contributed by atoms with E-state index < -0.39 is 20.8 Å². The van der Waals surface area contributed by atoms with Gasteiger partial charge in [0.15, 0.2) is 0 Å². The zero-order valence-electron chi connectivity index (χ0n) is 14.5. The van der Waals surface area contributed by atoms with E-state index in [2.05, 4.69) is 11.0 Å². The number of hydrogen-bond donors (Lipinski definition) is 1. The van der Waals surface area contributed by atoms with Crippen molar-refractivity contribution >= 4 is 33.0 Å². The number of carbonyl (C=O) groups is 1. The van der Waals surface area contributed by atoms with Crippen LogP contribution >= 0.6 is 0 Å². The minimum Gasteiger partial charge on any atom is -0.302 e. The Morgan fingerprint density at radius 3 is 2.30 bits per heavy atom. The summed E-state index contributed by atoms with van der Waals surface area (Å²) in [4.78, 5) is 17.8. The van der Waals surface area contributed by atoms with Crippen LogP contribution < -0.4 is 4.90 Å². The molecule has 3 rings (SSSR count). The van der Waals surface area contributed by atoms with Crippen LogP contribution in [0.3, 0.4) is 0 Å². The molecular formula is C20H16N2O4S. The van der Waals surface area contributed by atoms with Gasteiger partial charge >= 0.3 is 0 Å². The van der Waals surface area contributed by atoms with Crippen molar-refractivity contribution < 1.29 is 17.8 Å². The fourth-order valence-electron chi connectivity index (χ4n) is 2.78. The first-order valence-electron chi connectivity index (χ1n) is 8.11. The van der Waals surface area contributed by atoms with Crippen LogP contribution in [0.4, 0.5) is 11.4 Å². The lowest BCUT2D eigenvalue weighted by Gasteiger charge is -2.16. The van der Waals surface area contributed by atoms with E-state index >= 15 is 0 Å². The molecule has 0 unspecified atom stereocenters. The van der Waals surface area contributed by atoms with Crippen molar-refractivity contribution in [1.29, 1.82) is 0 Å². The lowest BCUT2D eigenvalue weighted by molar-refractivity contribution is 0.104. The Morgan fingerprint density at radius 1 is 1.11 bits per heavy atom. The molecule has 0 aliphatic heterocycles. The third-order valence-electron chi connectivity index (χ3n) is 4.10. The van der Waals surface area contributed by atoms with Crippen LogP contribution in [0.2, 0.25) is 0 Å². The molecule has 0 aromatic heterocycles. The van der Waals surface area contributed by atoms with E-state index in [1.165, 1.54) is 6.07 Å². The number of allylic oxidation sites excluding steroid dienone is 2. The average Bonchev–Trinajstić information content (AvgIpc) is 2.65. The molecule has 0 saturated heterocycles. The first kappa shape index (κ1) is 18.6. The monoisotopic (exact) mass is 380 g/mol. The minimum absolute atomic E-state index is 0.174. The predicted octanol–water partition coefficient (Wildman–Crippen LogP) is 3.19. The van der Waals surface area contributed by atoms with Gasteiger partial charge in [-0.15, -0.1) is 0 Å². The third kappa shape index (κ3) is 3.67. The molecule has 0 amide bonds. The number of benzene rings is 2. The van der Waals surface area contributed by atoms with Crippen LogP contribution in [0.1, 0.15) is 22.8 Å². The van der Waals surface area contributed by atoms with E-state index in [0.29, 0.717) is 17.8 Å². The van der Waals surface area contributed by atoms with Crippen molar-refractivity contribution in [2.45, 2.75) is 6.92 Å². The highest BCUT2D eigenvalue weighted by molar-refractivity contribution is 7.91. The molecule has 0 radical (unpaired) electrons. The van der Waals surface area contributed by atoms with E-state index in [1.54, 1.807) is 47.4 Å². The minimum atomic E-state index is -4.67. The van der Waals surface area contributed by atoms with Crippen molar-refractivity contribution in [3.63, 3.8) is 0 Å². The Hall–Kier alpha value is -3.21. The molecule has 6 nitrogen and oxygen atoms in total. The van der Waals surface area contributed by atoms with Gasteiger partial charge < -0.3 is 4.90 Å². The number of hydrogen-bond acceptors (Lipinski definition) is 5. The molecule has 1 aliphatic rings. The normalized spacial score (nSPS) is 15.1. The van der Waals surface area contributed by atoms with Crippen molar-refractivity contribution in [3.8, 4) is 12.5 Å². The molecule has 7 heteroatoms. The Morgan fingerprint density at radius 2 is 1.74 bits per heavy atom. The van der Waals surface area contributed by atoms with Gasteiger partial charge in [-0.05, 0) is 37.3 Å². The van der Waals surface area contributed by atoms with Gasteiger partial charge in [-0.1, -0.05) is 30.7 Å². The lowest BCUT2D eigenvalue weighted by atomic mass is 9.94. The topological polar surface area (TPSA) is 87.0 Å². The number of Topliss-reactive ketones (excluding diaryl/α,β-unsaturated/α-hetero) is 1. The van der Waals surface area contributed by atoms with Crippen LogP contribution in [0.15, 0.2) is 64.5 Å². The molecule has 1 N–H and O–H groups in total. The second-order valence-electron chi connectivity index (χ2n) is 5.75. The molecule has 0 heterocycles. The summed E-state index contributed by atoms with van der Waals surface area (Å²) in [5.74, 6) is -0.755. The number of aliphatic imine (C=N–C) groups is 1. The highest BCUT2D eigenvalue weighted by Crippen LogP contribution is 2.27. The van der Waals surface area contributed by atoms with Gasteiger partial charge in [0.1, 0.15) is 4.91 Å². The van der Waals surface area contributed by atoms with Crippen molar-refractivity contribution in [2.75, 3.05) is 11.4 Å². The Kier molecular flexibility index (Phi) is 4.95. The fourth-order valence-corrected chi connectivity index (χ4v) is 3.39. The number of fused-ring (bicyclic) bond motifs is 1. The van der Waals surface area contributed by atoms with E-state index in [9.17, 15) is 17.8 Å². The van der Waals surface area contributed by atoms with E-state index in [-0.39, 0.29) is 11.3 Å². The summed E-state index contributed by atoms with van der Waals surface area (Å²) in [7, 11) is -4.67. The molecular weight excluding hydrogens is 364 g/mol. The predicted molar refractivity (Wildman–Crippen MR) is 105 cm³/mol. The number of carbonyl (C=O) groups excluding carboxylic acids is 1. The molecule has 0 spiro atoms. The molecule has 0 saturated carbocycles. The zero-order chi connectivity index (χ0) is 19.6. The van der Waals surface area contributed by atoms with Crippen molar-refractivity contribution in [2.24, 2.45) is 4.99 Å². The van der Waals surface area contributed by atoms with Crippen molar-refractivity contribution in [1.82, 2.24) is 0 Å². The number of nitrogens with zero attached hydrogens (tertiary/aromatic N) is 2. The molecule has 1 aliphatic carbocycles. The van der Waals surface area contributed by atoms with Crippen LogP contribution in [0, 0.1) is 12.5 Å². The van der Waals surface area contributed by atoms with Crippen LogP contribution in [0.25, 0.3) is 0 Å². The number of ketones is 1. The summed E-state index contributed by atoms with van der Waals surface area (Å²) in [5.41, 5.74) is 2.33. The molecule has 0 fully saturated rings. The Labute approximate surface area is 157 Å². The summed E-state index contributed by atoms with van der Waals surface area (Å²) < 4.78 is 32.5. The quantitative estimate of drug-likeness (QED) is 0.500. The maximum absolute atomic E-state index is 12.4. The largest absolute Gasteiger partial charge is 0.302 e. The second-order valence-corrected chi connectivity index (χ2v) is 7.14. The average molecular weight is 380 g/mol. The molecule has 2 aromatic rings. The van der Waals surface area contributed by atoms with Crippen LogP contribution in [-0.2, 0) is 10.1 Å². The summed E-state index contributed by atoms with van der Waals surface area (Å²) in [6.07, 6.45) is 6.54. The van der Waals surface area contributed by atoms with Gasteiger partial charge in [-0.25, -0.2) is 4.99 Å². The lowest BCUT2D eigenvalue weighted by Crippen LogP contribution is -2.22. The number of rotatable bonds is 4. The van der Waals surface area contributed by atoms with E-state index in [0.717, 1.165) is 11.8 Å². The highest BCUT2D eigenvalue weighted by Gasteiger charge is 2.31. The summed E-state index contributed by atoms with van der Waals surface area (Å²) in [6.45, 7) is 2.59. The molecule has 2 aromatic carbocycles. The SMILES string of the molecule is C#CN(CC)c1ccc(N=C2C=C(S(=O)(=O)O)C(=O)c3ccccc32)cc1. The molecule has 0 atom stereocenters. The standard InChI is InChI=1S/C20H16N2O4S/c1-3-22(4-2)15-11-9-14(10-12-15)21-18-13-19(27(24,25)26)20(23)17-8-6-5-7-16(17)18/h1,5-13H,4H2,2H3,(H,24,25,26). The summed E-state index contributed by atoms with van der Waals surface area (Å²) in [6, 6.07) is 16.2. The summed E-state index contributed by atoms with van der Waals surface area (Å²) in [5, 5.41) is 0. The van der Waals surface area contributed by atoms with Crippen LogP contribution in [0.5, 0.6) is 0 Å². The van der Waals surface area contributed by atoms with Gasteiger partial charge in [0.2, 0.25) is 5.78 Å². The highest BCUT2D eigenvalue weighted by atomic mass is 32.2. The van der Waals surface area contributed by atoms with Crippen LogP contribution in [-0.4, -0.2) is 31.0 Å². The van der Waals surface area contributed by atoms with Gasteiger partial charge in [0.05, 0.1) is 11.4 Å². The third-order valence-corrected chi connectivity index (χ3v) is 4.96. The fraction of sp³-hybridized carbons (Fsp3) is 0.100. The molecule has 136 valence electrons. The maximum atomic E-state index is 12.4.